The van der Waals surface area contributed by atoms with Crippen LogP contribution in [0.15, 0.2) is 53.4 Å². The van der Waals surface area contributed by atoms with E-state index in [4.69, 9.17) is 4.74 Å². The number of amides is 1. The number of carbonyl (C=O) groups excluding carboxylic acids is 1. The number of ether oxygens (including phenoxy) is 1. The molecule has 0 heterocycles. The van der Waals surface area contributed by atoms with Crippen molar-refractivity contribution in [3.05, 3.63) is 54.1 Å². The molecule has 0 aliphatic carbocycles. The molecule has 1 N–H and O–H groups in total. The molecule has 2 aromatic rings. The summed E-state index contributed by atoms with van der Waals surface area (Å²) in [5.74, 6) is 0.281. The van der Waals surface area contributed by atoms with Crippen LogP contribution in [0, 0.1) is 6.92 Å². The van der Waals surface area contributed by atoms with E-state index >= 15 is 0 Å². The van der Waals surface area contributed by atoms with Crippen molar-refractivity contribution in [2.75, 3.05) is 24.5 Å². The predicted molar refractivity (Wildman–Crippen MR) is 111 cm³/mol. The highest BCUT2D eigenvalue weighted by Crippen LogP contribution is 2.25. The maximum Gasteiger partial charge on any atom is 0.264 e. The number of rotatable bonds is 10. The average molecular weight is 405 g/mol. The smallest absolute Gasteiger partial charge is 0.264 e. The third kappa shape index (κ3) is 5.73. The second kappa shape index (κ2) is 10.1. The van der Waals surface area contributed by atoms with Crippen LogP contribution in [-0.2, 0) is 14.8 Å². The van der Waals surface area contributed by atoms with Gasteiger partial charge in [0.1, 0.15) is 12.3 Å². The number of carbonyl (C=O) groups is 1. The summed E-state index contributed by atoms with van der Waals surface area (Å²) in [6.07, 6.45) is 2.94. The predicted octanol–water partition coefficient (Wildman–Crippen LogP) is 3.51. The molecule has 0 bridgehead atoms. The van der Waals surface area contributed by atoms with E-state index in [1.165, 1.54) is 0 Å². The van der Waals surface area contributed by atoms with Crippen LogP contribution < -0.4 is 14.4 Å². The number of hydrogen-bond donors (Lipinski definition) is 1. The Morgan fingerprint density at radius 1 is 1.04 bits per heavy atom. The summed E-state index contributed by atoms with van der Waals surface area (Å²) in [5, 5.41) is 2.80. The van der Waals surface area contributed by atoms with Crippen molar-refractivity contribution in [1.82, 2.24) is 5.32 Å². The SMILES string of the molecule is CCCCCNC(=O)CN(c1ccc(OC)cc1)S(=O)(=O)c1ccc(C)cc1. The van der Waals surface area contributed by atoms with Gasteiger partial charge in [-0.15, -0.1) is 0 Å². The van der Waals surface area contributed by atoms with Crippen molar-refractivity contribution in [1.29, 1.82) is 0 Å². The third-order valence-corrected chi connectivity index (χ3v) is 6.15. The monoisotopic (exact) mass is 404 g/mol. The summed E-state index contributed by atoms with van der Waals surface area (Å²) in [7, 11) is -2.35. The molecule has 2 aromatic carbocycles. The van der Waals surface area contributed by atoms with E-state index in [0.717, 1.165) is 29.1 Å². The van der Waals surface area contributed by atoms with Gasteiger partial charge in [0.25, 0.3) is 10.0 Å². The lowest BCUT2D eigenvalue weighted by Gasteiger charge is -2.24. The Kier molecular flexibility index (Phi) is 7.87. The number of methoxy groups -OCH3 is 1. The minimum absolute atomic E-state index is 0.146. The van der Waals surface area contributed by atoms with E-state index in [-0.39, 0.29) is 17.3 Å². The van der Waals surface area contributed by atoms with E-state index in [1.807, 2.05) is 6.92 Å². The highest BCUT2D eigenvalue weighted by atomic mass is 32.2. The Balaban J connectivity index is 2.29. The molecule has 0 saturated carbocycles. The number of unbranched alkanes of at least 4 members (excludes halogenated alkanes) is 2. The standard InChI is InChI=1S/C21H28N2O4S/c1-4-5-6-15-22-21(24)16-23(18-9-11-19(27-3)12-10-18)28(25,26)20-13-7-17(2)8-14-20/h7-14H,4-6,15-16H2,1-3H3,(H,22,24). The molecular formula is C21H28N2O4S. The van der Waals surface area contributed by atoms with Gasteiger partial charge in [-0.05, 0) is 49.7 Å². The molecule has 6 nitrogen and oxygen atoms in total. The Hall–Kier alpha value is -2.54. The first kappa shape index (κ1) is 21.8. The number of hydrogen-bond acceptors (Lipinski definition) is 4. The maximum atomic E-state index is 13.2. The topological polar surface area (TPSA) is 75.7 Å². The first-order valence-electron chi connectivity index (χ1n) is 9.38. The zero-order valence-corrected chi connectivity index (χ0v) is 17.5. The molecule has 7 heteroatoms. The normalized spacial score (nSPS) is 11.1. The van der Waals surface area contributed by atoms with Gasteiger partial charge in [-0.25, -0.2) is 8.42 Å². The third-order valence-electron chi connectivity index (χ3n) is 4.36. The fraction of sp³-hybridized carbons (Fsp3) is 0.381. The second-order valence-corrected chi connectivity index (χ2v) is 8.44. The summed E-state index contributed by atoms with van der Waals surface area (Å²) >= 11 is 0. The molecule has 2 rings (SSSR count). The van der Waals surface area contributed by atoms with Crippen LogP contribution in [0.25, 0.3) is 0 Å². The van der Waals surface area contributed by atoms with E-state index in [2.05, 4.69) is 12.2 Å². The molecule has 0 saturated heterocycles. The van der Waals surface area contributed by atoms with Crippen LogP contribution in [0.4, 0.5) is 5.69 Å². The lowest BCUT2D eigenvalue weighted by molar-refractivity contribution is -0.119. The summed E-state index contributed by atoms with van der Waals surface area (Å²) in [6.45, 7) is 4.23. The molecule has 0 aliphatic heterocycles. The van der Waals surface area contributed by atoms with Gasteiger partial charge in [0.2, 0.25) is 5.91 Å². The van der Waals surface area contributed by atoms with Crippen LogP contribution >= 0.6 is 0 Å². The molecule has 0 aliphatic rings. The number of nitrogens with one attached hydrogen (secondary N) is 1. The largest absolute Gasteiger partial charge is 0.497 e. The van der Waals surface area contributed by atoms with Gasteiger partial charge in [0, 0.05) is 6.54 Å². The van der Waals surface area contributed by atoms with Crippen LogP contribution in [0.5, 0.6) is 5.75 Å². The van der Waals surface area contributed by atoms with Crippen molar-refractivity contribution >= 4 is 21.6 Å². The van der Waals surface area contributed by atoms with Crippen molar-refractivity contribution in [3.8, 4) is 5.75 Å². The van der Waals surface area contributed by atoms with Crippen molar-refractivity contribution in [2.24, 2.45) is 0 Å². The van der Waals surface area contributed by atoms with Crippen LogP contribution in [-0.4, -0.2) is 34.5 Å². The van der Waals surface area contributed by atoms with Gasteiger partial charge in [-0.3, -0.25) is 9.10 Å². The first-order valence-corrected chi connectivity index (χ1v) is 10.8. The zero-order chi connectivity index (χ0) is 20.6. The molecular weight excluding hydrogens is 376 g/mol. The fourth-order valence-electron chi connectivity index (χ4n) is 2.69. The van der Waals surface area contributed by atoms with Crippen molar-refractivity contribution in [3.63, 3.8) is 0 Å². The van der Waals surface area contributed by atoms with Gasteiger partial charge in [-0.1, -0.05) is 37.5 Å². The van der Waals surface area contributed by atoms with Gasteiger partial charge < -0.3 is 10.1 Å². The zero-order valence-electron chi connectivity index (χ0n) is 16.6. The fourth-order valence-corrected chi connectivity index (χ4v) is 4.11. The Labute approximate surface area is 167 Å². The van der Waals surface area contributed by atoms with E-state index in [9.17, 15) is 13.2 Å². The number of nitrogens with zero attached hydrogens (tertiary/aromatic N) is 1. The van der Waals surface area contributed by atoms with E-state index < -0.39 is 10.0 Å². The number of aryl methyl sites for hydroxylation is 1. The van der Waals surface area contributed by atoms with Crippen LogP contribution in [0.2, 0.25) is 0 Å². The summed E-state index contributed by atoms with van der Waals surface area (Å²) in [6, 6.07) is 13.2. The number of benzene rings is 2. The molecule has 0 radical (unpaired) electrons. The molecule has 0 fully saturated rings. The second-order valence-electron chi connectivity index (χ2n) is 6.58. The van der Waals surface area contributed by atoms with E-state index in [1.54, 1.807) is 55.6 Å². The molecule has 1 amide bonds. The number of anilines is 1. The minimum Gasteiger partial charge on any atom is -0.497 e. The molecule has 0 aromatic heterocycles. The van der Waals surface area contributed by atoms with Crippen molar-refractivity contribution < 1.29 is 17.9 Å². The Morgan fingerprint density at radius 2 is 1.68 bits per heavy atom. The highest BCUT2D eigenvalue weighted by Gasteiger charge is 2.27. The van der Waals surface area contributed by atoms with Crippen LogP contribution in [0.3, 0.4) is 0 Å². The lowest BCUT2D eigenvalue weighted by atomic mass is 10.2. The number of sulfonamides is 1. The molecule has 0 spiro atoms. The summed E-state index contributed by atoms with van der Waals surface area (Å²) in [5.41, 5.74) is 1.37. The molecule has 152 valence electrons. The van der Waals surface area contributed by atoms with E-state index in [0.29, 0.717) is 18.0 Å². The molecule has 0 atom stereocenters. The van der Waals surface area contributed by atoms with Gasteiger partial charge >= 0.3 is 0 Å². The minimum atomic E-state index is -3.89. The summed E-state index contributed by atoms with van der Waals surface area (Å²) in [4.78, 5) is 12.5. The van der Waals surface area contributed by atoms with Gasteiger partial charge in [-0.2, -0.15) is 0 Å². The Bertz CT molecular complexity index is 862. The average Bonchev–Trinajstić information content (AvgIpc) is 2.70. The lowest BCUT2D eigenvalue weighted by Crippen LogP contribution is -2.41. The van der Waals surface area contributed by atoms with Crippen LogP contribution in [0.1, 0.15) is 31.7 Å². The van der Waals surface area contributed by atoms with Crippen molar-refractivity contribution in [2.45, 2.75) is 38.0 Å². The quantitative estimate of drug-likeness (QED) is 0.615. The Morgan fingerprint density at radius 3 is 2.25 bits per heavy atom. The summed E-state index contributed by atoms with van der Waals surface area (Å²) < 4.78 is 32.7. The highest BCUT2D eigenvalue weighted by molar-refractivity contribution is 7.92. The molecule has 28 heavy (non-hydrogen) atoms. The van der Waals surface area contributed by atoms with Gasteiger partial charge in [0.15, 0.2) is 0 Å². The first-order chi connectivity index (χ1) is 13.4. The van der Waals surface area contributed by atoms with Gasteiger partial charge in [0.05, 0.1) is 17.7 Å². The molecule has 0 unspecified atom stereocenters. The maximum absolute atomic E-state index is 13.2.